The summed E-state index contributed by atoms with van der Waals surface area (Å²) in [7, 11) is 1.40. The van der Waals surface area contributed by atoms with Crippen molar-refractivity contribution in [3.63, 3.8) is 0 Å². The Morgan fingerprint density at radius 1 is 0.955 bits per heavy atom. The van der Waals surface area contributed by atoms with Crippen LogP contribution in [0.1, 0.15) is 68.2 Å². The maximum absolute atomic E-state index is 12.4. The van der Waals surface area contributed by atoms with Crippen LogP contribution in [0.15, 0.2) is 54.6 Å². The lowest BCUT2D eigenvalue weighted by Crippen LogP contribution is -2.44. The van der Waals surface area contributed by atoms with E-state index in [-0.39, 0.29) is 24.1 Å². The minimum Gasteiger partial charge on any atom is -0.492 e. The summed E-state index contributed by atoms with van der Waals surface area (Å²) in [5.74, 6) is 2.10. The van der Waals surface area contributed by atoms with E-state index < -0.39 is 5.60 Å². The molecular weight excluding hydrogens is 558 g/mol. The molecule has 2 heterocycles. The molecule has 8 nitrogen and oxygen atoms in total. The standard InChI is InChI=1S/C36H43NO7/c1-23-16-30(43-28-12-14-37(15-13-28)35(39)44-36(3,4)5)17-24(2)34(23)26-9-7-8-25(18-26)21-41-29-10-11-31-27(19-33(38)40-6)22-42-32(31)20-29/h7-11,16-18,20,27-28H,12-15,19,21-22H2,1-6H3. The molecule has 1 atom stereocenters. The van der Waals surface area contributed by atoms with E-state index in [0.717, 1.165) is 57.9 Å². The molecule has 1 unspecified atom stereocenters. The van der Waals surface area contributed by atoms with Crippen molar-refractivity contribution < 1.29 is 33.3 Å². The molecular formula is C36H43NO7. The zero-order chi connectivity index (χ0) is 31.4. The van der Waals surface area contributed by atoms with E-state index in [2.05, 4.69) is 50.2 Å². The van der Waals surface area contributed by atoms with Crippen LogP contribution in [0.4, 0.5) is 4.79 Å². The fraction of sp³-hybridized carbons (Fsp3) is 0.444. The molecule has 3 aromatic carbocycles. The maximum Gasteiger partial charge on any atom is 0.410 e. The first-order valence-corrected chi connectivity index (χ1v) is 15.3. The van der Waals surface area contributed by atoms with E-state index in [4.69, 9.17) is 23.7 Å². The summed E-state index contributed by atoms with van der Waals surface area (Å²) in [4.78, 5) is 25.9. The number of fused-ring (bicyclic) bond motifs is 1. The normalized spacial score (nSPS) is 16.6. The molecule has 0 bridgehead atoms. The quantitative estimate of drug-likeness (QED) is 0.249. The Balaban J connectivity index is 1.19. The van der Waals surface area contributed by atoms with Gasteiger partial charge in [-0.1, -0.05) is 24.3 Å². The second kappa shape index (κ2) is 13.2. The molecule has 0 saturated carbocycles. The average molecular weight is 602 g/mol. The van der Waals surface area contributed by atoms with E-state index in [0.29, 0.717) is 32.7 Å². The summed E-state index contributed by atoms with van der Waals surface area (Å²) in [5.41, 5.74) is 6.16. The van der Waals surface area contributed by atoms with Gasteiger partial charge < -0.3 is 28.6 Å². The van der Waals surface area contributed by atoms with Gasteiger partial charge in [-0.25, -0.2) is 4.79 Å². The monoisotopic (exact) mass is 601 g/mol. The van der Waals surface area contributed by atoms with Gasteiger partial charge in [-0.2, -0.15) is 0 Å². The molecule has 1 saturated heterocycles. The van der Waals surface area contributed by atoms with Crippen molar-refractivity contribution >= 4 is 12.1 Å². The van der Waals surface area contributed by atoms with Crippen LogP contribution in [0.5, 0.6) is 17.2 Å². The Morgan fingerprint density at radius 2 is 1.68 bits per heavy atom. The number of aryl methyl sites for hydroxylation is 2. The number of hydrogen-bond acceptors (Lipinski definition) is 7. The molecule has 2 aliphatic heterocycles. The number of benzene rings is 3. The van der Waals surface area contributed by atoms with Crippen LogP contribution in [0.25, 0.3) is 11.1 Å². The molecule has 1 fully saturated rings. The second-order valence-electron chi connectivity index (χ2n) is 12.7. The molecule has 3 aromatic rings. The third-order valence-corrected chi connectivity index (χ3v) is 8.03. The molecule has 0 N–H and O–H groups in total. The lowest BCUT2D eigenvalue weighted by atomic mass is 9.94. The first-order chi connectivity index (χ1) is 21.0. The highest BCUT2D eigenvalue weighted by molar-refractivity contribution is 5.73. The molecule has 2 aliphatic rings. The number of carbonyl (C=O) groups is 2. The van der Waals surface area contributed by atoms with E-state index in [1.807, 2.05) is 39.0 Å². The highest BCUT2D eigenvalue weighted by atomic mass is 16.6. The van der Waals surface area contributed by atoms with Crippen molar-refractivity contribution in [1.82, 2.24) is 4.90 Å². The van der Waals surface area contributed by atoms with Crippen molar-refractivity contribution in [2.24, 2.45) is 0 Å². The van der Waals surface area contributed by atoms with Crippen molar-refractivity contribution in [2.45, 2.75) is 78.1 Å². The van der Waals surface area contributed by atoms with Gasteiger partial charge in [0.2, 0.25) is 0 Å². The Morgan fingerprint density at radius 3 is 2.36 bits per heavy atom. The summed E-state index contributed by atoms with van der Waals surface area (Å²) in [6.45, 7) is 12.0. The van der Waals surface area contributed by atoms with Gasteiger partial charge in [0.15, 0.2) is 0 Å². The molecule has 8 heteroatoms. The SMILES string of the molecule is COC(=O)CC1COc2cc(OCc3cccc(-c4c(C)cc(OC5CCN(C(=O)OC(C)(C)C)CC5)cc4C)c3)ccc21. The third kappa shape index (κ3) is 7.65. The number of methoxy groups -OCH3 is 1. The van der Waals surface area contributed by atoms with Crippen LogP contribution >= 0.6 is 0 Å². The number of hydrogen-bond donors (Lipinski definition) is 0. The number of piperidine rings is 1. The fourth-order valence-corrected chi connectivity index (χ4v) is 5.91. The molecule has 0 aromatic heterocycles. The van der Waals surface area contributed by atoms with Gasteiger partial charge >= 0.3 is 12.1 Å². The zero-order valence-corrected chi connectivity index (χ0v) is 26.6. The first-order valence-electron chi connectivity index (χ1n) is 15.3. The molecule has 234 valence electrons. The predicted octanol–water partition coefficient (Wildman–Crippen LogP) is 7.37. The van der Waals surface area contributed by atoms with Gasteiger partial charge in [0, 0.05) is 43.5 Å². The van der Waals surface area contributed by atoms with Crippen molar-refractivity contribution in [3.8, 4) is 28.4 Å². The minimum absolute atomic E-state index is 0.00337. The van der Waals surface area contributed by atoms with Gasteiger partial charge in [-0.05, 0) is 86.7 Å². The minimum atomic E-state index is -0.496. The number of rotatable bonds is 8. The lowest BCUT2D eigenvalue weighted by Gasteiger charge is -2.33. The fourth-order valence-electron chi connectivity index (χ4n) is 5.91. The molecule has 0 aliphatic carbocycles. The second-order valence-corrected chi connectivity index (χ2v) is 12.7. The summed E-state index contributed by atoms with van der Waals surface area (Å²) in [6, 6.07) is 18.4. The van der Waals surface area contributed by atoms with Crippen molar-refractivity contribution in [3.05, 3.63) is 76.9 Å². The maximum atomic E-state index is 12.4. The Labute approximate surface area is 260 Å². The van der Waals surface area contributed by atoms with E-state index in [9.17, 15) is 9.59 Å². The van der Waals surface area contributed by atoms with Crippen LogP contribution in [-0.4, -0.2) is 55.5 Å². The summed E-state index contributed by atoms with van der Waals surface area (Å²) in [5, 5.41) is 0. The lowest BCUT2D eigenvalue weighted by molar-refractivity contribution is -0.141. The topological polar surface area (TPSA) is 83.5 Å². The smallest absolute Gasteiger partial charge is 0.410 e. The van der Waals surface area contributed by atoms with Crippen molar-refractivity contribution in [1.29, 1.82) is 0 Å². The Hall–Kier alpha value is -4.20. The summed E-state index contributed by atoms with van der Waals surface area (Å²) >= 11 is 0. The highest BCUT2D eigenvalue weighted by Crippen LogP contribution is 2.39. The van der Waals surface area contributed by atoms with Crippen LogP contribution in [0.3, 0.4) is 0 Å². The number of nitrogens with zero attached hydrogens (tertiary/aromatic N) is 1. The van der Waals surface area contributed by atoms with Gasteiger partial charge in [0.25, 0.3) is 0 Å². The Kier molecular flexibility index (Phi) is 9.37. The summed E-state index contributed by atoms with van der Waals surface area (Å²) < 4.78 is 28.7. The van der Waals surface area contributed by atoms with Crippen LogP contribution in [0.2, 0.25) is 0 Å². The molecule has 1 amide bonds. The highest BCUT2D eigenvalue weighted by Gasteiger charge is 2.29. The van der Waals surface area contributed by atoms with Gasteiger partial charge in [-0.3, -0.25) is 4.79 Å². The van der Waals surface area contributed by atoms with Crippen LogP contribution < -0.4 is 14.2 Å². The number of ether oxygens (including phenoxy) is 5. The van der Waals surface area contributed by atoms with E-state index in [1.54, 1.807) is 4.90 Å². The van der Waals surface area contributed by atoms with Gasteiger partial charge in [0.05, 0.1) is 20.1 Å². The summed E-state index contributed by atoms with van der Waals surface area (Å²) in [6.07, 6.45) is 1.64. The number of likely N-dealkylation sites (tertiary alicyclic amines) is 1. The number of esters is 1. The molecule has 5 rings (SSSR count). The molecule has 44 heavy (non-hydrogen) atoms. The number of amides is 1. The van der Waals surface area contributed by atoms with Gasteiger partial charge in [-0.15, -0.1) is 0 Å². The van der Waals surface area contributed by atoms with Gasteiger partial charge in [0.1, 0.15) is 35.6 Å². The van der Waals surface area contributed by atoms with Crippen LogP contribution in [0, 0.1) is 13.8 Å². The van der Waals surface area contributed by atoms with E-state index >= 15 is 0 Å². The van der Waals surface area contributed by atoms with Crippen molar-refractivity contribution in [2.75, 3.05) is 26.8 Å². The average Bonchev–Trinajstić information content (AvgIpc) is 3.37. The van der Waals surface area contributed by atoms with Crippen LogP contribution in [-0.2, 0) is 20.9 Å². The number of carbonyl (C=O) groups excluding carboxylic acids is 2. The first kappa shape index (κ1) is 31.2. The predicted molar refractivity (Wildman–Crippen MR) is 168 cm³/mol. The largest absolute Gasteiger partial charge is 0.492 e. The third-order valence-electron chi connectivity index (χ3n) is 8.03. The molecule has 0 spiro atoms. The Bertz CT molecular complexity index is 1480. The molecule has 0 radical (unpaired) electrons. The zero-order valence-electron chi connectivity index (χ0n) is 26.6. The van der Waals surface area contributed by atoms with E-state index in [1.165, 1.54) is 12.7 Å².